The quantitative estimate of drug-likeness (QED) is 0.499. The predicted octanol–water partition coefficient (Wildman–Crippen LogP) is 2.92. The number of aromatic nitrogens is 2. The van der Waals surface area contributed by atoms with Crippen LogP contribution in [0.1, 0.15) is 47.7 Å². The summed E-state index contributed by atoms with van der Waals surface area (Å²) < 4.78 is 12.8. The first-order valence-electron chi connectivity index (χ1n) is 10.3. The van der Waals surface area contributed by atoms with E-state index in [-0.39, 0.29) is 28.2 Å². The Morgan fingerprint density at radius 3 is 2.36 bits per heavy atom. The molecule has 1 aromatic carbocycles. The Bertz CT molecular complexity index is 1320. The Morgan fingerprint density at radius 2 is 1.82 bits per heavy atom. The fourth-order valence-corrected chi connectivity index (χ4v) is 4.83. The zero-order valence-corrected chi connectivity index (χ0v) is 19.9. The summed E-state index contributed by atoms with van der Waals surface area (Å²) in [5.41, 5.74) is -2.24. The number of nitrogens with zero attached hydrogens (tertiary/aromatic N) is 2. The number of hydrogen-bond donors (Lipinski definition) is 1. The van der Waals surface area contributed by atoms with Crippen LogP contribution in [0.4, 0.5) is 0 Å². The number of benzene rings is 1. The molecule has 1 N–H and O–H groups in total. The first-order valence-corrected chi connectivity index (χ1v) is 11.2. The predicted molar refractivity (Wildman–Crippen MR) is 124 cm³/mol. The van der Waals surface area contributed by atoms with Crippen LogP contribution in [-0.4, -0.2) is 39.9 Å². The maximum atomic E-state index is 13.6. The Morgan fingerprint density at radius 1 is 1.18 bits per heavy atom. The van der Waals surface area contributed by atoms with E-state index in [1.54, 1.807) is 13.8 Å². The number of thiophene rings is 1. The second kappa shape index (κ2) is 9.32. The van der Waals surface area contributed by atoms with Crippen molar-refractivity contribution in [3.05, 3.63) is 67.2 Å². The van der Waals surface area contributed by atoms with E-state index in [0.717, 1.165) is 21.5 Å². The number of carbonyl (C=O) groups is 2. The molecular formula is C23H26N2O7S. The molecule has 0 aliphatic carbocycles. The lowest BCUT2D eigenvalue weighted by Gasteiger charge is -2.24. The molecule has 0 spiro atoms. The number of aliphatic carboxylic acids is 1. The van der Waals surface area contributed by atoms with Gasteiger partial charge in [-0.15, -0.1) is 11.3 Å². The number of carboxylic acids is 1. The molecule has 0 aliphatic heterocycles. The average molecular weight is 475 g/mol. The van der Waals surface area contributed by atoms with Crippen LogP contribution in [0.15, 0.2) is 39.9 Å². The SMILES string of the molecule is CCOC(=O)c1sc2c(c1C)c(=O)n(C(C)(C)C(=O)O)c(=O)n2C[C@H](OC)c1ccccc1. The minimum absolute atomic E-state index is 0.00798. The number of aryl methyl sites for hydroxylation is 1. The molecule has 1 atom stereocenters. The molecule has 0 saturated heterocycles. The highest BCUT2D eigenvalue weighted by Crippen LogP contribution is 2.30. The van der Waals surface area contributed by atoms with Crippen molar-refractivity contribution < 1.29 is 24.2 Å². The molecule has 2 heterocycles. The zero-order chi connectivity index (χ0) is 24.5. The molecule has 0 amide bonds. The van der Waals surface area contributed by atoms with Gasteiger partial charge in [0.25, 0.3) is 5.56 Å². The van der Waals surface area contributed by atoms with Crippen LogP contribution in [0.2, 0.25) is 0 Å². The molecule has 33 heavy (non-hydrogen) atoms. The van der Waals surface area contributed by atoms with Crippen molar-refractivity contribution in [3.63, 3.8) is 0 Å². The number of hydrogen-bond acceptors (Lipinski definition) is 7. The van der Waals surface area contributed by atoms with E-state index in [2.05, 4.69) is 0 Å². The van der Waals surface area contributed by atoms with Gasteiger partial charge in [0.15, 0.2) is 0 Å². The third kappa shape index (κ3) is 4.23. The van der Waals surface area contributed by atoms with Crippen LogP contribution < -0.4 is 11.2 Å². The van der Waals surface area contributed by atoms with E-state index >= 15 is 0 Å². The Labute approximate surface area is 193 Å². The summed E-state index contributed by atoms with van der Waals surface area (Å²) in [6, 6.07) is 9.21. The second-order valence-corrected chi connectivity index (χ2v) is 8.99. The Kier molecular flexibility index (Phi) is 6.89. The summed E-state index contributed by atoms with van der Waals surface area (Å²) in [6.07, 6.45) is -0.556. The maximum absolute atomic E-state index is 13.6. The van der Waals surface area contributed by atoms with E-state index < -0.39 is 34.8 Å². The van der Waals surface area contributed by atoms with E-state index in [1.165, 1.54) is 25.5 Å². The summed E-state index contributed by atoms with van der Waals surface area (Å²) in [7, 11) is 1.50. The first kappa shape index (κ1) is 24.4. The van der Waals surface area contributed by atoms with Crippen LogP contribution >= 0.6 is 11.3 Å². The molecule has 0 saturated carbocycles. The van der Waals surface area contributed by atoms with Crippen molar-refractivity contribution in [2.75, 3.05) is 13.7 Å². The second-order valence-electron chi connectivity index (χ2n) is 7.99. The molecule has 2 aromatic heterocycles. The topological polar surface area (TPSA) is 117 Å². The molecule has 0 fully saturated rings. The fraction of sp³-hybridized carbons (Fsp3) is 0.391. The third-order valence-electron chi connectivity index (χ3n) is 5.56. The summed E-state index contributed by atoms with van der Waals surface area (Å²) >= 11 is 0.974. The van der Waals surface area contributed by atoms with Gasteiger partial charge in [0.1, 0.15) is 21.4 Å². The Balaban J connectivity index is 2.38. The largest absolute Gasteiger partial charge is 0.480 e. The van der Waals surface area contributed by atoms with Gasteiger partial charge in [0, 0.05) is 7.11 Å². The van der Waals surface area contributed by atoms with Crippen molar-refractivity contribution in [3.8, 4) is 0 Å². The molecule has 3 aromatic rings. The molecule has 0 unspecified atom stereocenters. The summed E-state index contributed by atoms with van der Waals surface area (Å²) in [4.78, 5) is 51.9. The highest BCUT2D eigenvalue weighted by molar-refractivity contribution is 7.20. The van der Waals surface area contributed by atoms with Gasteiger partial charge < -0.3 is 14.6 Å². The van der Waals surface area contributed by atoms with Gasteiger partial charge in [-0.05, 0) is 38.8 Å². The standard InChI is InChI=1S/C23H26N2O7S/c1-6-32-20(27)17-13(2)16-18(26)25(23(3,4)21(28)29)22(30)24(19(16)33-17)12-15(31-5)14-10-8-7-9-11-14/h7-11,15H,6,12H2,1-5H3,(H,28,29)/t15-/m0/s1. The number of carbonyl (C=O) groups excluding carboxylic acids is 1. The molecule has 0 bridgehead atoms. The lowest BCUT2D eigenvalue weighted by atomic mass is 10.1. The summed E-state index contributed by atoms with van der Waals surface area (Å²) in [6.45, 7) is 5.98. The van der Waals surface area contributed by atoms with Crippen molar-refractivity contribution in [2.24, 2.45) is 0 Å². The molecule has 9 nitrogen and oxygen atoms in total. The average Bonchev–Trinajstić information content (AvgIpc) is 3.12. The highest BCUT2D eigenvalue weighted by Gasteiger charge is 2.36. The van der Waals surface area contributed by atoms with Crippen LogP contribution in [0.3, 0.4) is 0 Å². The summed E-state index contributed by atoms with van der Waals surface area (Å²) in [5.74, 6) is -1.94. The van der Waals surface area contributed by atoms with Crippen molar-refractivity contribution >= 4 is 33.5 Å². The first-order chi connectivity index (χ1) is 15.6. The van der Waals surface area contributed by atoms with Gasteiger partial charge in [-0.2, -0.15) is 0 Å². The van der Waals surface area contributed by atoms with Gasteiger partial charge in [0.2, 0.25) is 0 Å². The van der Waals surface area contributed by atoms with Crippen LogP contribution in [-0.2, 0) is 26.4 Å². The normalized spacial score (nSPS) is 12.6. The molecule has 176 valence electrons. The van der Waals surface area contributed by atoms with Crippen molar-refractivity contribution in [1.82, 2.24) is 9.13 Å². The number of esters is 1. The number of rotatable bonds is 8. The third-order valence-corrected chi connectivity index (χ3v) is 6.85. The lowest BCUT2D eigenvalue weighted by Crippen LogP contribution is -2.52. The molecule has 3 rings (SSSR count). The van der Waals surface area contributed by atoms with E-state index in [9.17, 15) is 24.3 Å². The minimum atomic E-state index is -1.82. The minimum Gasteiger partial charge on any atom is -0.480 e. The number of ether oxygens (including phenoxy) is 2. The van der Waals surface area contributed by atoms with Crippen LogP contribution in [0.25, 0.3) is 10.2 Å². The van der Waals surface area contributed by atoms with Gasteiger partial charge >= 0.3 is 17.6 Å². The van der Waals surface area contributed by atoms with Crippen molar-refractivity contribution in [2.45, 2.75) is 45.9 Å². The monoisotopic (exact) mass is 474 g/mol. The lowest BCUT2D eigenvalue weighted by molar-refractivity contribution is -0.146. The van der Waals surface area contributed by atoms with Crippen LogP contribution in [0.5, 0.6) is 0 Å². The highest BCUT2D eigenvalue weighted by atomic mass is 32.1. The van der Waals surface area contributed by atoms with Gasteiger partial charge in [-0.1, -0.05) is 30.3 Å². The van der Waals surface area contributed by atoms with Gasteiger partial charge in [-0.3, -0.25) is 9.36 Å². The molecule has 0 radical (unpaired) electrons. The van der Waals surface area contributed by atoms with E-state index in [4.69, 9.17) is 9.47 Å². The molecule has 0 aliphatic rings. The smallest absolute Gasteiger partial charge is 0.348 e. The van der Waals surface area contributed by atoms with Crippen molar-refractivity contribution in [1.29, 1.82) is 0 Å². The Hall–Kier alpha value is -3.24. The number of methoxy groups -OCH3 is 1. The molecule has 10 heteroatoms. The van der Waals surface area contributed by atoms with E-state index in [1.807, 2.05) is 30.3 Å². The molecular weight excluding hydrogens is 448 g/mol. The fourth-order valence-electron chi connectivity index (χ4n) is 3.64. The summed E-state index contributed by atoms with van der Waals surface area (Å²) in [5, 5.41) is 9.85. The van der Waals surface area contributed by atoms with Gasteiger partial charge in [-0.25, -0.2) is 19.0 Å². The number of carboxylic acid groups (broad SMARTS) is 1. The maximum Gasteiger partial charge on any atom is 0.348 e. The van der Waals surface area contributed by atoms with Crippen LogP contribution in [0, 0.1) is 6.92 Å². The van der Waals surface area contributed by atoms with E-state index in [0.29, 0.717) is 5.56 Å². The number of fused-ring (bicyclic) bond motifs is 1. The zero-order valence-electron chi connectivity index (χ0n) is 19.1. The van der Waals surface area contributed by atoms with Gasteiger partial charge in [0.05, 0.1) is 18.5 Å².